The molecule has 0 aliphatic heterocycles. The number of amides is 1. The molecule has 1 aromatic carbocycles. The predicted octanol–water partition coefficient (Wildman–Crippen LogP) is 2.61. The number of hydrogen-bond donors (Lipinski definition) is 2. The van der Waals surface area contributed by atoms with E-state index in [2.05, 4.69) is 5.32 Å². The van der Waals surface area contributed by atoms with E-state index in [1.165, 1.54) is 6.92 Å². The van der Waals surface area contributed by atoms with Crippen LogP contribution in [0.2, 0.25) is 0 Å². The molecule has 0 saturated heterocycles. The Balaban J connectivity index is 2.80. The molecule has 5 nitrogen and oxygen atoms in total. The maximum Gasteiger partial charge on any atom is 0.325 e. The molecular formula is C17H25NO4. The molecule has 0 aromatic heterocycles. The first-order valence-corrected chi connectivity index (χ1v) is 7.29. The third kappa shape index (κ3) is 4.23. The lowest BCUT2D eigenvalue weighted by Gasteiger charge is -2.26. The second kappa shape index (κ2) is 6.81. The molecule has 122 valence electrons. The van der Waals surface area contributed by atoms with Crippen LogP contribution >= 0.6 is 0 Å². The van der Waals surface area contributed by atoms with Crippen molar-refractivity contribution in [1.29, 1.82) is 0 Å². The number of aryl methyl sites for hydroxylation is 2. The van der Waals surface area contributed by atoms with Gasteiger partial charge < -0.3 is 15.2 Å². The first kappa shape index (κ1) is 18.0. The van der Waals surface area contributed by atoms with Gasteiger partial charge >= 0.3 is 5.97 Å². The van der Waals surface area contributed by atoms with E-state index in [1.54, 1.807) is 13.8 Å². The summed E-state index contributed by atoms with van der Waals surface area (Å²) in [5.74, 6) is -0.618. The number of carbonyl (C=O) groups is 2. The topological polar surface area (TPSA) is 75.6 Å². The van der Waals surface area contributed by atoms with Gasteiger partial charge in [-0.05, 0) is 58.2 Å². The van der Waals surface area contributed by atoms with Gasteiger partial charge in [-0.2, -0.15) is 0 Å². The molecule has 1 rings (SSSR count). The number of rotatable bonds is 6. The van der Waals surface area contributed by atoms with Crippen molar-refractivity contribution in [2.75, 3.05) is 6.61 Å². The van der Waals surface area contributed by atoms with E-state index >= 15 is 0 Å². The number of nitrogens with one attached hydrogen (secondary N) is 1. The molecule has 0 aliphatic rings. The van der Waals surface area contributed by atoms with Crippen molar-refractivity contribution in [3.63, 3.8) is 0 Å². The summed E-state index contributed by atoms with van der Waals surface area (Å²) in [5, 5.41) is 11.3. The summed E-state index contributed by atoms with van der Waals surface area (Å²) >= 11 is 0. The molecule has 0 spiro atoms. The highest BCUT2D eigenvalue weighted by atomic mass is 16.5. The van der Waals surface area contributed by atoms with Crippen LogP contribution in [0.1, 0.15) is 37.5 Å². The van der Waals surface area contributed by atoms with Crippen LogP contribution in [0.25, 0.3) is 0 Å². The average Bonchev–Trinajstić information content (AvgIpc) is 2.42. The summed E-state index contributed by atoms with van der Waals surface area (Å²) in [6.07, 6.45) is 0. The van der Waals surface area contributed by atoms with E-state index in [4.69, 9.17) is 9.84 Å². The summed E-state index contributed by atoms with van der Waals surface area (Å²) in [6, 6.07) is 3.09. The van der Waals surface area contributed by atoms with Crippen molar-refractivity contribution in [3.8, 4) is 5.75 Å². The Labute approximate surface area is 131 Å². The maximum absolute atomic E-state index is 12.2. The van der Waals surface area contributed by atoms with Crippen LogP contribution < -0.4 is 10.1 Å². The SMILES string of the molecule is Cc1ccc(C)c(OCC(C)(C)C(=O)NC(C)C(=O)O)c1C. The van der Waals surface area contributed by atoms with Crippen molar-refractivity contribution in [2.24, 2.45) is 5.41 Å². The van der Waals surface area contributed by atoms with Gasteiger partial charge in [-0.15, -0.1) is 0 Å². The number of benzene rings is 1. The number of carboxylic acid groups (broad SMARTS) is 1. The minimum atomic E-state index is -1.06. The van der Waals surface area contributed by atoms with Crippen molar-refractivity contribution in [1.82, 2.24) is 5.32 Å². The molecule has 2 N–H and O–H groups in total. The van der Waals surface area contributed by atoms with Crippen LogP contribution in [0, 0.1) is 26.2 Å². The highest BCUT2D eigenvalue weighted by Crippen LogP contribution is 2.28. The van der Waals surface area contributed by atoms with Gasteiger partial charge in [0.15, 0.2) is 0 Å². The fourth-order valence-corrected chi connectivity index (χ4v) is 1.92. The molecular weight excluding hydrogens is 282 g/mol. The highest BCUT2D eigenvalue weighted by Gasteiger charge is 2.31. The van der Waals surface area contributed by atoms with Crippen LogP contribution in [0.4, 0.5) is 0 Å². The first-order valence-electron chi connectivity index (χ1n) is 7.29. The van der Waals surface area contributed by atoms with E-state index in [1.807, 2.05) is 32.9 Å². The van der Waals surface area contributed by atoms with E-state index in [0.29, 0.717) is 0 Å². The lowest BCUT2D eigenvalue weighted by molar-refractivity contribution is -0.143. The molecule has 0 radical (unpaired) electrons. The standard InChI is InChI=1S/C17H25NO4/c1-10-7-8-11(2)14(12(10)3)22-9-17(5,6)16(21)18-13(4)15(19)20/h7-8,13H,9H2,1-6H3,(H,18,21)(H,19,20). The minimum Gasteiger partial charge on any atom is -0.492 e. The Hall–Kier alpha value is -2.04. The van der Waals surface area contributed by atoms with Gasteiger partial charge in [0.1, 0.15) is 18.4 Å². The van der Waals surface area contributed by atoms with Crippen molar-refractivity contribution < 1.29 is 19.4 Å². The van der Waals surface area contributed by atoms with Crippen LogP contribution in [-0.4, -0.2) is 29.6 Å². The Morgan fingerprint density at radius 1 is 1.23 bits per heavy atom. The normalized spacial score (nSPS) is 12.6. The van der Waals surface area contributed by atoms with Crippen molar-refractivity contribution in [2.45, 2.75) is 47.6 Å². The molecule has 0 fully saturated rings. The highest BCUT2D eigenvalue weighted by molar-refractivity contribution is 5.86. The monoisotopic (exact) mass is 307 g/mol. The maximum atomic E-state index is 12.2. The van der Waals surface area contributed by atoms with Crippen LogP contribution in [0.5, 0.6) is 5.75 Å². The fourth-order valence-electron chi connectivity index (χ4n) is 1.92. The number of hydrogen-bond acceptors (Lipinski definition) is 3. The molecule has 1 unspecified atom stereocenters. The summed E-state index contributed by atoms with van der Waals surface area (Å²) in [7, 11) is 0. The second-order valence-corrected chi connectivity index (χ2v) is 6.36. The van der Waals surface area contributed by atoms with E-state index in [0.717, 1.165) is 22.4 Å². The largest absolute Gasteiger partial charge is 0.492 e. The smallest absolute Gasteiger partial charge is 0.325 e. The predicted molar refractivity (Wildman–Crippen MR) is 85.2 cm³/mol. The van der Waals surface area contributed by atoms with Gasteiger partial charge in [-0.3, -0.25) is 9.59 Å². The Kier molecular flexibility index (Phi) is 5.58. The minimum absolute atomic E-state index is 0.177. The Morgan fingerprint density at radius 2 is 1.77 bits per heavy atom. The number of carbonyl (C=O) groups excluding carboxylic acids is 1. The summed E-state index contributed by atoms with van der Waals surface area (Å²) in [4.78, 5) is 23.0. The zero-order chi connectivity index (χ0) is 17.1. The van der Waals surface area contributed by atoms with Gasteiger partial charge in [-0.1, -0.05) is 12.1 Å². The van der Waals surface area contributed by atoms with Gasteiger partial charge in [0, 0.05) is 0 Å². The zero-order valence-corrected chi connectivity index (χ0v) is 14.1. The van der Waals surface area contributed by atoms with Crippen LogP contribution in [0.15, 0.2) is 12.1 Å². The summed E-state index contributed by atoms with van der Waals surface area (Å²) < 4.78 is 5.87. The average molecular weight is 307 g/mol. The van der Waals surface area contributed by atoms with Gasteiger partial charge in [0.05, 0.1) is 5.41 Å². The number of aliphatic carboxylic acids is 1. The Morgan fingerprint density at radius 3 is 2.32 bits per heavy atom. The molecule has 0 aliphatic carbocycles. The molecule has 1 aromatic rings. The molecule has 5 heteroatoms. The summed E-state index contributed by atoms with van der Waals surface area (Å²) in [6.45, 7) is 11.0. The second-order valence-electron chi connectivity index (χ2n) is 6.36. The summed E-state index contributed by atoms with van der Waals surface area (Å²) in [5.41, 5.74) is 2.36. The van der Waals surface area contributed by atoms with Crippen LogP contribution in [0.3, 0.4) is 0 Å². The quantitative estimate of drug-likeness (QED) is 0.847. The molecule has 1 atom stereocenters. The molecule has 22 heavy (non-hydrogen) atoms. The third-order valence-corrected chi connectivity index (χ3v) is 3.78. The third-order valence-electron chi connectivity index (χ3n) is 3.78. The first-order chi connectivity index (χ1) is 10.1. The van der Waals surface area contributed by atoms with E-state index < -0.39 is 17.4 Å². The number of ether oxygens (including phenoxy) is 1. The number of carboxylic acids is 1. The molecule has 1 amide bonds. The Bertz CT molecular complexity index is 578. The molecule has 0 bridgehead atoms. The van der Waals surface area contributed by atoms with Gasteiger partial charge in [0.2, 0.25) is 5.91 Å². The fraction of sp³-hybridized carbons (Fsp3) is 0.529. The van der Waals surface area contributed by atoms with Crippen molar-refractivity contribution in [3.05, 3.63) is 28.8 Å². The van der Waals surface area contributed by atoms with Gasteiger partial charge in [-0.25, -0.2) is 0 Å². The van der Waals surface area contributed by atoms with E-state index in [9.17, 15) is 9.59 Å². The lowest BCUT2D eigenvalue weighted by atomic mass is 9.93. The van der Waals surface area contributed by atoms with Crippen molar-refractivity contribution >= 4 is 11.9 Å². The lowest BCUT2D eigenvalue weighted by Crippen LogP contribution is -2.47. The molecule has 0 heterocycles. The molecule has 0 saturated carbocycles. The zero-order valence-electron chi connectivity index (χ0n) is 14.1. The van der Waals surface area contributed by atoms with E-state index in [-0.39, 0.29) is 12.5 Å². The van der Waals surface area contributed by atoms with Crippen LogP contribution in [-0.2, 0) is 9.59 Å². The van der Waals surface area contributed by atoms with Gasteiger partial charge in [0.25, 0.3) is 0 Å².